The molecule has 0 saturated heterocycles. The molecule has 0 fully saturated rings. The monoisotopic (exact) mass is 232 g/mol. The van der Waals surface area contributed by atoms with Crippen molar-refractivity contribution in [2.45, 2.75) is 13.0 Å². The van der Waals surface area contributed by atoms with Gasteiger partial charge in [-0.15, -0.1) is 11.3 Å². The summed E-state index contributed by atoms with van der Waals surface area (Å²) in [6.45, 7) is 1.97. The van der Waals surface area contributed by atoms with Crippen molar-refractivity contribution in [3.8, 4) is 0 Å². The van der Waals surface area contributed by atoms with E-state index < -0.39 is 0 Å². The number of carbonyl (C=O) groups excluding carboxylic acids is 1. The van der Waals surface area contributed by atoms with Crippen LogP contribution in [0, 0.1) is 0 Å². The molecule has 0 spiro atoms. The number of rotatable bonds is 3. The van der Waals surface area contributed by atoms with E-state index in [-0.39, 0.29) is 11.9 Å². The van der Waals surface area contributed by atoms with Crippen LogP contribution in [0.15, 0.2) is 42.0 Å². The highest BCUT2D eigenvalue weighted by Crippen LogP contribution is 2.18. The van der Waals surface area contributed by atoms with Crippen molar-refractivity contribution in [1.29, 1.82) is 0 Å². The molecule has 0 radical (unpaired) electrons. The third-order valence-corrected chi connectivity index (χ3v) is 3.30. The standard InChI is InChI=1S/C12H12N2OS/c1-9(11-5-3-7-16-11)14-12(15)10-4-2-6-13-8-10/h2-9H,1H3,(H,14,15)/t9-/m1/s1. The summed E-state index contributed by atoms with van der Waals surface area (Å²) in [5.74, 6) is -0.0889. The molecule has 1 atom stereocenters. The van der Waals surface area contributed by atoms with Gasteiger partial charge in [0.25, 0.3) is 5.91 Å². The molecule has 0 aliphatic rings. The van der Waals surface area contributed by atoms with Gasteiger partial charge in [0.15, 0.2) is 0 Å². The maximum Gasteiger partial charge on any atom is 0.253 e. The number of nitrogens with zero attached hydrogens (tertiary/aromatic N) is 1. The Hall–Kier alpha value is -1.68. The van der Waals surface area contributed by atoms with Gasteiger partial charge in [0.05, 0.1) is 11.6 Å². The molecule has 0 unspecified atom stereocenters. The molecule has 0 bridgehead atoms. The van der Waals surface area contributed by atoms with E-state index in [1.54, 1.807) is 35.9 Å². The van der Waals surface area contributed by atoms with Crippen molar-refractivity contribution in [2.75, 3.05) is 0 Å². The third-order valence-electron chi connectivity index (χ3n) is 2.24. The van der Waals surface area contributed by atoms with Crippen LogP contribution in [0.5, 0.6) is 0 Å². The highest BCUT2D eigenvalue weighted by atomic mass is 32.1. The highest BCUT2D eigenvalue weighted by molar-refractivity contribution is 7.10. The predicted molar refractivity (Wildman–Crippen MR) is 64.4 cm³/mol. The lowest BCUT2D eigenvalue weighted by atomic mass is 10.2. The summed E-state index contributed by atoms with van der Waals surface area (Å²) >= 11 is 1.64. The molecule has 0 saturated carbocycles. The minimum Gasteiger partial charge on any atom is -0.345 e. The summed E-state index contributed by atoms with van der Waals surface area (Å²) in [4.78, 5) is 16.9. The van der Waals surface area contributed by atoms with Crippen LogP contribution in [0.4, 0.5) is 0 Å². The fraction of sp³-hybridized carbons (Fsp3) is 0.167. The maximum absolute atomic E-state index is 11.8. The second-order valence-electron chi connectivity index (χ2n) is 3.45. The third kappa shape index (κ3) is 2.46. The second kappa shape index (κ2) is 4.90. The van der Waals surface area contributed by atoms with E-state index in [0.717, 1.165) is 4.88 Å². The van der Waals surface area contributed by atoms with Gasteiger partial charge in [0.2, 0.25) is 0 Å². The summed E-state index contributed by atoms with van der Waals surface area (Å²) in [6.07, 6.45) is 3.22. The van der Waals surface area contributed by atoms with Crippen molar-refractivity contribution in [1.82, 2.24) is 10.3 Å². The van der Waals surface area contributed by atoms with Gasteiger partial charge in [0, 0.05) is 17.3 Å². The Morgan fingerprint density at radius 3 is 2.94 bits per heavy atom. The van der Waals surface area contributed by atoms with Crippen LogP contribution >= 0.6 is 11.3 Å². The van der Waals surface area contributed by atoms with E-state index in [4.69, 9.17) is 0 Å². The fourth-order valence-electron chi connectivity index (χ4n) is 1.39. The first-order valence-corrected chi connectivity index (χ1v) is 5.89. The van der Waals surface area contributed by atoms with Crippen LogP contribution in [0.3, 0.4) is 0 Å². The molecule has 2 rings (SSSR count). The highest BCUT2D eigenvalue weighted by Gasteiger charge is 2.11. The second-order valence-corrected chi connectivity index (χ2v) is 4.43. The molecule has 4 heteroatoms. The first-order valence-electron chi connectivity index (χ1n) is 5.01. The van der Waals surface area contributed by atoms with Crippen LogP contribution in [-0.2, 0) is 0 Å². The van der Waals surface area contributed by atoms with Gasteiger partial charge in [0.1, 0.15) is 0 Å². The lowest BCUT2D eigenvalue weighted by Crippen LogP contribution is -2.26. The van der Waals surface area contributed by atoms with Gasteiger partial charge in [-0.2, -0.15) is 0 Å². The molecule has 2 heterocycles. The van der Waals surface area contributed by atoms with Crippen LogP contribution in [0.25, 0.3) is 0 Å². The molecule has 0 aliphatic carbocycles. The number of nitrogens with one attached hydrogen (secondary N) is 1. The molecule has 2 aromatic heterocycles. The van der Waals surface area contributed by atoms with Crippen molar-refractivity contribution < 1.29 is 4.79 Å². The van der Waals surface area contributed by atoms with Crippen LogP contribution in [-0.4, -0.2) is 10.9 Å². The summed E-state index contributed by atoms with van der Waals surface area (Å²) < 4.78 is 0. The SMILES string of the molecule is C[C@@H](NC(=O)c1cccnc1)c1cccs1. The fourth-order valence-corrected chi connectivity index (χ4v) is 2.12. The number of pyridine rings is 1. The Morgan fingerprint density at radius 1 is 1.44 bits per heavy atom. The first-order chi connectivity index (χ1) is 7.77. The van der Waals surface area contributed by atoms with E-state index in [0.29, 0.717) is 5.56 Å². The summed E-state index contributed by atoms with van der Waals surface area (Å²) in [7, 11) is 0. The van der Waals surface area contributed by atoms with E-state index in [2.05, 4.69) is 10.3 Å². The average Bonchev–Trinajstić information content (AvgIpc) is 2.83. The Kier molecular flexibility index (Phi) is 3.31. The number of thiophene rings is 1. The van der Waals surface area contributed by atoms with Gasteiger partial charge in [-0.1, -0.05) is 6.07 Å². The first kappa shape index (κ1) is 10.8. The topological polar surface area (TPSA) is 42.0 Å². The van der Waals surface area contributed by atoms with Gasteiger partial charge in [-0.05, 0) is 30.5 Å². The van der Waals surface area contributed by atoms with Crippen LogP contribution in [0.1, 0.15) is 28.2 Å². The predicted octanol–water partition coefficient (Wildman–Crippen LogP) is 2.63. The Bertz CT molecular complexity index is 453. The van der Waals surface area contributed by atoms with Crippen molar-refractivity contribution in [3.05, 3.63) is 52.5 Å². The molecule has 82 valence electrons. The Labute approximate surface area is 98.2 Å². The Morgan fingerprint density at radius 2 is 2.31 bits per heavy atom. The van der Waals surface area contributed by atoms with Crippen LogP contribution < -0.4 is 5.32 Å². The maximum atomic E-state index is 11.8. The normalized spacial score (nSPS) is 12.1. The zero-order valence-corrected chi connectivity index (χ0v) is 9.70. The lowest BCUT2D eigenvalue weighted by Gasteiger charge is -2.11. The van der Waals surface area contributed by atoms with Crippen molar-refractivity contribution in [3.63, 3.8) is 0 Å². The summed E-state index contributed by atoms with van der Waals surface area (Å²) in [5.41, 5.74) is 0.589. The average molecular weight is 232 g/mol. The number of aromatic nitrogens is 1. The molecular weight excluding hydrogens is 220 g/mol. The molecule has 16 heavy (non-hydrogen) atoms. The van der Waals surface area contributed by atoms with Gasteiger partial charge in [-0.3, -0.25) is 9.78 Å². The Balaban J connectivity index is 2.03. The van der Waals surface area contributed by atoms with Gasteiger partial charge < -0.3 is 5.32 Å². The van der Waals surface area contributed by atoms with Crippen molar-refractivity contribution in [2.24, 2.45) is 0 Å². The largest absolute Gasteiger partial charge is 0.345 e. The molecule has 1 amide bonds. The smallest absolute Gasteiger partial charge is 0.253 e. The van der Waals surface area contributed by atoms with Gasteiger partial charge >= 0.3 is 0 Å². The molecule has 0 aliphatic heterocycles. The zero-order valence-electron chi connectivity index (χ0n) is 8.88. The van der Waals surface area contributed by atoms with E-state index in [1.165, 1.54) is 0 Å². The number of hydrogen-bond donors (Lipinski definition) is 1. The quantitative estimate of drug-likeness (QED) is 0.884. The molecule has 2 aromatic rings. The van der Waals surface area contributed by atoms with E-state index in [1.807, 2.05) is 24.4 Å². The summed E-state index contributed by atoms with van der Waals surface area (Å²) in [5, 5.41) is 4.93. The lowest BCUT2D eigenvalue weighted by molar-refractivity contribution is 0.0940. The molecule has 3 nitrogen and oxygen atoms in total. The molecular formula is C12H12N2OS. The van der Waals surface area contributed by atoms with E-state index >= 15 is 0 Å². The van der Waals surface area contributed by atoms with E-state index in [9.17, 15) is 4.79 Å². The molecule has 1 N–H and O–H groups in total. The minimum absolute atomic E-state index is 0.0349. The van der Waals surface area contributed by atoms with Gasteiger partial charge in [-0.25, -0.2) is 0 Å². The summed E-state index contributed by atoms with van der Waals surface area (Å²) in [6, 6.07) is 7.53. The van der Waals surface area contributed by atoms with Crippen LogP contribution in [0.2, 0.25) is 0 Å². The molecule has 0 aromatic carbocycles. The minimum atomic E-state index is -0.0889. The number of amides is 1. The zero-order chi connectivity index (χ0) is 11.4. The number of carbonyl (C=O) groups is 1. The number of hydrogen-bond acceptors (Lipinski definition) is 3. The van der Waals surface area contributed by atoms with Crippen molar-refractivity contribution >= 4 is 17.2 Å².